The number of carbonyl (C=O) groups excluding carboxylic acids is 1. The smallest absolute Gasteiger partial charge is 0.268 e. The van der Waals surface area contributed by atoms with Crippen LogP contribution in [0, 0.1) is 0 Å². The molecule has 2 heterocycles. The molecule has 100 valence electrons. The van der Waals surface area contributed by atoms with E-state index in [0.29, 0.717) is 12.2 Å². The predicted molar refractivity (Wildman–Crippen MR) is 81.4 cm³/mol. The van der Waals surface area contributed by atoms with Gasteiger partial charge in [0.2, 0.25) is 0 Å². The number of benzene rings is 1. The first-order chi connectivity index (χ1) is 9.72. The van der Waals surface area contributed by atoms with E-state index in [0.717, 1.165) is 21.1 Å². The number of nitrogens with zero attached hydrogens (tertiary/aromatic N) is 1. The molecule has 0 atom stereocenters. The van der Waals surface area contributed by atoms with Gasteiger partial charge in [-0.2, -0.15) is 0 Å². The second-order valence-corrected chi connectivity index (χ2v) is 5.33. The van der Waals surface area contributed by atoms with E-state index in [9.17, 15) is 4.79 Å². The van der Waals surface area contributed by atoms with E-state index in [1.54, 1.807) is 6.20 Å². The van der Waals surface area contributed by atoms with Gasteiger partial charge in [-0.15, -0.1) is 0 Å². The first-order valence-electron chi connectivity index (χ1n) is 6.19. The van der Waals surface area contributed by atoms with Gasteiger partial charge in [0.05, 0.1) is 12.2 Å². The molecule has 5 heteroatoms. The number of nitrogens with one attached hydrogen (secondary N) is 2. The lowest BCUT2D eigenvalue weighted by Crippen LogP contribution is -2.23. The minimum Gasteiger partial charge on any atom is -0.351 e. The van der Waals surface area contributed by atoms with Crippen molar-refractivity contribution >= 4 is 32.7 Å². The third kappa shape index (κ3) is 2.72. The predicted octanol–water partition coefficient (Wildman–Crippen LogP) is 3.26. The summed E-state index contributed by atoms with van der Waals surface area (Å²) in [5.74, 6) is -0.136. The summed E-state index contributed by atoms with van der Waals surface area (Å²) in [5.41, 5.74) is 2.32. The maximum Gasteiger partial charge on any atom is 0.268 e. The normalized spacial score (nSPS) is 10.7. The maximum absolute atomic E-state index is 12.1. The first kappa shape index (κ1) is 12.9. The fourth-order valence-corrected chi connectivity index (χ4v) is 2.37. The number of hydrogen-bond acceptors (Lipinski definition) is 2. The largest absolute Gasteiger partial charge is 0.351 e. The molecule has 0 spiro atoms. The fraction of sp³-hybridized carbons (Fsp3) is 0.0667. The molecule has 20 heavy (non-hydrogen) atoms. The molecular weight excluding hydrogens is 318 g/mol. The Kier molecular flexibility index (Phi) is 3.52. The van der Waals surface area contributed by atoms with Crippen molar-refractivity contribution in [1.29, 1.82) is 0 Å². The highest BCUT2D eigenvalue weighted by atomic mass is 79.9. The number of fused-ring (bicyclic) bond motifs is 1. The molecule has 0 aliphatic rings. The number of carbonyl (C=O) groups is 1. The highest BCUT2D eigenvalue weighted by Gasteiger charge is 2.09. The number of amides is 1. The third-order valence-electron chi connectivity index (χ3n) is 2.98. The van der Waals surface area contributed by atoms with Crippen molar-refractivity contribution < 1.29 is 4.79 Å². The molecule has 0 unspecified atom stereocenters. The summed E-state index contributed by atoms with van der Waals surface area (Å²) in [4.78, 5) is 19.4. The minimum atomic E-state index is -0.136. The Hall–Kier alpha value is -2.14. The average molecular weight is 330 g/mol. The average Bonchev–Trinajstić information content (AvgIpc) is 2.89. The third-order valence-corrected chi connectivity index (χ3v) is 3.48. The van der Waals surface area contributed by atoms with Crippen LogP contribution in [0.4, 0.5) is 0 Å². The van der Waals surface area contributed by atoms with E-state index >= 15 is 0 Å². The number of aromatic nitrogens is 2. The van der Waals surface area contributed by atoms with Gasteiger partial charge in [-0.3, -0.25) is 9.78 Å². The quantitative estimate of drug-likeness (QED) is 0.774. The zero-order chi connectivity index (χ0) is 13.9. The molecule has 1 amide bonds. The van der Waals surface area contributed by atoms with Crippen molar-refractivity contribution in [2.24, 2.45) is 0 Å². The van der Waals surface area contributed by atoms with Crippen LogP contribution in [0.3, 0.4) is 0 Å². The number of aromatic amines is 1. The number of hydrogen-bond donors (Lipinski definition) is 2. The van der Waals surface area contributed by atoms with E-state index in [1.807, 2.05) is 42.5 Å². The lowest BCUT2D eigenvalue weighted by atomic mass is 10.2. The Labute approximate surface area is 124 Å². The van der Waals surface area contributed by atoms with Gasteiger partial charge in [0.1, 0.15) is 5.69 Å². The molecule has 0 aliphatic carbocycles. The summed E-state index contributed by atoms with van der Waals surface area (Å²) in [7, 11) is 0. The Morgan fingerprint density at radius 2 is 2.15 bits per heavy atom. The molecule has 1 aromatic carbocycles. The molecule has 0 bridgehead atoms. The van der Waals surface area contributed by atoms with Gasteiger partial charge < -0.3 is 10.3 Å². The van der Waals surface area contributed by atoms with Crippen LogP contribution in [0.15, 0.2) is 53.1 Å². The number of rotatable bonds is 3. The molecule has 0 saturated carbocycles. The number of halogens is 1. The zero-order valence-corrected chi connectivity index (χ0v) is 12.1. The number of H-pyrrole nitrogens is 1. The summed E-state index contributed by atoms with van der Waals surface area (Å²) in [6.45, 7) is 0.415. The Balaban J connectivity index is 1.75. The summed E-state index contributed by atoms with van der Waals surface area (Å²) < 4.78 is 0.990. The van der Waals surface area contributed by atoms with Crippen molar-refractivity contribution in [2.45, 2.75) is 6.54 Å². The van der Waals surface area contributed by atoms with Crippen molar-refractivity contribution in [3.63, 3.8) is 0 Å². The zero-order valence-electron chi connectivity index (χ0n) is 10.6. The van der Waals surface area contributed by atoms with Gasteiger partial charge in [-0.25, -0.2) is 0 Å². The molecule has 0 saturated heterocycles. The second kappa shape index (κ2) is 5.46. The minimum absolute atomic E-state index is 0.136. The summed E-state index contributed by atoms with van der Waals surface area (Å²) in [6.07, 6.45) is 1.71. The van der Waals surface area contributed by atoms with E-state index < -0.39 is 0 Å². The maximum atomic E-state index is 12.1. The van der Waals surface area contributed by atoms with Crippen LogP contribution in [0.25, 0.3) is 10.9 Å². The van der Waals surface area contributed by atoms with Crippen LogP contribution in [-0.2, 0) is 6.54 Å². The van der Waals surface area contributed by atoms with E-state index in [2.05, 4.69) is 31.2 Å². The molecule has 0 fully saturated rings. The molecular formula is C15H12BrN3O. The van der Waals surface area contributed by atoms with E-state index in [-0.39, 0.29) is 5.91 Å². The summed E-state index contributed by atoms with van der Waals surface area (Å²) in [6, 6.07) is 13.3. The monoisotopic (exact) mass is 329 g/mol. The van der Waals surface area contributed by atoms with Gasteiger partial charge in [0.15, 0.2) is 0 Å². The molecule has 2 aromatic heterocycles. The lowest BCUT2D eigenvalue weighted by Gasteiger charge is -2.02. The molecule has 3 rings (SSSR count). The van der Waals surface area contributed by atoms with Gasteiger partial charge in [-0.05, 0) is 36.4 Å². The standard InChI is InChI=1S/C15H12BrN3O/c16-11-4-5-13-10(7-11)8-14(19-13)15(20)18-9-12-3-1-2-6-17-12/h1-8,19H,9H2,(H,18,20). The van der Waals surface area contributed by atoms with Gasteiger partial charge in [-0.1, -0.05) is 22.0 Å². The Morgan fingerprint density at radius 3 is 2.95 bits per heavy atom. The number of pyridine rings is 1. The Morgan fingerprint density at radius 1 is 1.25 bits per heavy atom. The van der Waals surface area contributed by atoms with E-state index in [4.69, 9.17) is 0 Å². The van der Waals surface area contributed by atoms with Crippen molar-refractivity contribution in [2.75, 3.05) is 0 Å². The summed E-state index contributed by atoms with van der Waals surface area (Å²) >= 11 is 3.42. The van der Waals surface area contributed by atoms with Crippen LogP contribution >= 0.6 is 15.9 Å². The highest BCUT2D eigenvalue weighted by Crippen LogP contribution is 2.20. The van der Waals surface area contributed by atoms with Gasteiger partial charge in [0.25, 0.3) is 5.91 Å². The lowest BCUT2D eigenvalue weighted by molar-refractivity contribution is 0.0946. The van der Waals surface area contributed by atoms with Crippen LogP contribution in [0.1, 0.15) is 16.2 Å². The fourth-order valence-electron chi connectivity index (χ4n) is 1.99. The SMILES string of the molecule is O=C(NCc1ccccn1)c1cc2cc(Br)ccc2[nH]1. The molecule has 0 radical (unpaired) electrons. The van der Waals surface area contributed by atoms with Crippen molar-refractivity contribution in [1.82, 2.24) is 15.3 Å². The molecule has 3 aromatic rings. The Bertz CT molecular complexity index is 752. The van der Waals surface area contributed by atoms with E-state index in [1.165, 1.54) is 0 Å². The second-order valence-electron chi connectivity index (χ2n) is 4.42. The topological polar surface area (TPSA) is 57.8 Å². The molecule has 2 N–H and O–H groups in total. The van der Waals surface area contributed by atoms with Gasteiger partial charge >= 0.3 is 0 Å². The van der Waals surface area contributed by atoms with Gasteiger partial charge in [0, 0.05) is 21.6 Å². The van der Waals surface area contributed by atoms with Crippen molar-refractivity contribution in [3.05, 3.63) is 64.5 Å². The summed E-state index contributed by atoms with van der Waals surface area (Å²) in [5, 5.41) is 3.85. The highest BCUT2D eigenvalue weighted by molar-refractivity contribution is 9.10. The van der Waals surface area contributed by atoms with Crippen LogP contribution in [0.2, 0.25) is 0 Å². The molecule has 4 nitrogen and oxygen atoms in total. The van der Waals surface area contributed by atoms with Crippen LogP contribution in [-0.4, -0.2) is 15.9 Å². The van der Waals surface area contributed by atoms with Crippen molar-refractivity contribution in [3.8, 4) is 0 Å². The van der Waals surface area contributed by atoms with Crippen LogP contribution < -0.4 is 5.32 Å². The molecule has 0 aliphatic heterocycles. The van der Waals surface area contributed by atoms with Crippen LogP contribution in [0.5, 0.6) is 0 Å². The first-order valence-corrected chi connectivity index (χ1v) is 6.98.